The van der Waals surface area contributed by atoms with Gasteiger partial charge >= 0.3 is 18.0 Å². The molecule has 44 heavy (non-hydrogen) atoms. The number of aromatic nitrogens is 1. The number of nitrogens with one attached hydrogen (secondary N) is 1. The Hall–Kier alpha value is -4.75. The number of esters is 1. The van der Waals surface area contributed by atoms with Crippen LogP contribution in [0.2, 0.25) is 5.02 Å². The summed E-state index contributed by atoms with van der Waals surface area (Å²) in [5.41, 5.74) is 2.47. The summed E-state index contributed by atoms with van der Waals surface area (Å²) in [6.07, 6.45) is 3.50. The van der Waals surface area contributed by atoms with Gasteiger partial charge in [0.25, 0.3) is 0 Å². The Labute approximate surface area is 260 Å². The average molecular weight is 637 g/mol. The Bertz CT molecular complexity index is 1730. The van der Waals surface area contributed by atoms with E-state index in [1.807, 2.05) is 11.1 Å². The lowest BCUT2D eigenvalue weighted by Crippen LogP contribution is -2.43. The molecule has 1 fully saturated rings. The molecule has 3 aliphatic rings. The number of amides is 2. The van der Waals surface area contributed by atoms with Crippen LogP contribution in [-0.4, -0.2) is 76.5 Å². The van der Waals surface area contributed by atoms with Crippen LogP contribution in [0, 0.1) is 5.82 Å². The first-order valence-electron chi connectivity index (χ1n) is 13.7. The number of carbonyl (C=O) groups excluding carboxylic acids is 2. The first kappa shape index (κ1) is 29.3. The van der Waals surface area contributed by atoms with Crippen LogP contribution >= 0.6 is 22.9 Å². The molecule has 4 heterocycles. The number of fused-ring (bicyclic) bond motifs is 1. The number of carboxylic acid groups (broad SMARTS) is 1. The number of carbonyl (C=O) groups is 3. The maximum Gasteiger partial charge on any atom is 0.338 e. The van der Waals surface area contributed by atoms with E-state index in [1.54, 1.807) is 46.5 Å². The molecule has 11 nitrogen and oxygen atoms in total. The topological polar surface area (TPSA) is 128 Å². The smallest absolute Gasteiger partial charge is 0.338 e. The molecule has 1 saturated heterocycles. The van der Waals surface area contributed by atoms with Crippen molar-refractivity contribution < 1.29 is 28.6 Å². The van der Waals surface area contributed by atoms with Gasteiger partial charge in [-0.05, 0) is 37.3 Å². The van der Waals surface area contributed by atoms with E-state index < -0.39 is 23.8 Å². The zero-order valence-electron chi connectivity index (χ0n) is 23.4. The molecule has 3 aliphatic heterocycles. The second-order valence-corrected chi connectivity index (χ2v) is 11.3. The lowest BCUT2D eigenvalue weighted by atomic mass is 9.95. The molecule has 0 spiro atoms. The average Bonchev–Trinajstić information content (AvgIpc) is 3.67. The largest absolute Gasteiger partial charge is 0.478 e. The highest BCUT2D eigenvalue weighted by Crippen LogP contribution is 2.38. The number of urea groups is 1. The molecule has 2 N–H and O–H groups in total. The molecular formula is C30H26ClFN6O5S. The third kappa shape index (κ3) is 5.51. The minimum atomic E-state index is -1.04. The molecule has 3 aromatic rings. The van der Waals surface area contributed by atoms with Gasteiger partial charge < -0.3 is 20.1 Å². The number of hydrogen-bond acceptors (Lipinski definition) is 9. The highest BCUT2D eigenvalue weighted by Gasteiger charge is 2.38. The van der Waals surface area contributed by atoms with E-state index in [4.69, 9.17) is 21.3 Å². The number of nitrogens with zero attached hydrogens (tertiary/aromatic N) is 5. The van der Waals surface area contributed by atoms with E-state index in [1.165, 1.54) is 35.6 Å². The first-order chi connectivity index (χ1) is 21.2. The lowest BCUT2D eigenvalue weighted by molar-refractivity contribution is -0.139. The van der Waals surface area contributed by atoms with E-state index in [2.05, 4.69) is 10.3 Å². The summed E-state index contributed by atoms with van der Waals surface area (Å²) in [5.74, 6) is -1.88. The molecule has 14 heteroatoms. The van der Waals surface area contributed by atoms with Gasteiger partial charge in [-0.2, -0.15) is 0 Å². The van der Waals surface area contributed by atoms with Gasteiger partial charge in [0.1, 0.15) is 11.9 Å². The van der Waals surface area contributed by atoms with Gasteiger partial charge in [-0.1, -0.05) is 23.7 Å². The van der Waals surface area contributed by atoms with E-state index in [0.717, 1.165) is 5.70 Å². The summed E-state index contributed by atoms with van der Waals surface area (Å²) in [6.45, 7) is 3.18. The number of benzene rings is 2. The van der Waals surface area contributed by atoms with Gasteiger partial charge in [0.05, 0.1) is 41.6 Å². The Kier molecular flexibility index (Phi) is 8.06. The predicted octanol–water partition coefficient (Wildman–Crippen LogP) is 4.64. The number of amidine groups is 1. The highest BCUT2D eigenvalue weighted by atomic mass is 35.5. The standard InChI is InChI=1S/C30H26ClFN6O5S/c1-2-43-29(41)23-22(34-26(27-33-10-13-44-27)35-25(23)20-4-3-5-21(32)24(20)31)16-36-11-12-37-19(14-36)15-38(30(37)42)18-8-6-17(7-9-18)28(39)40/h3-10,13-14,25H,2,11-12,15-16H2,1H3,(H,34,35)(H,39,40). The molecule has 2 aromatic carbocycles. The third-order valence-electron chi connectivity index (χ3n) is 7.39. The minimum absolute atomic E-state index is 0.121. The van der Waals surface area contributed by atoms with Crippen molar-refractivity contribution >= 4 is 52.4 Å². The SMILES string of the molecule is CCOC(=O)C1=C(CN2C=C3CN(c4ccc(C(=O)O)cc4)C(=O)N3CC2)NC(c2nccs2)=NC1c1cccc(F)c1Cl. The monoisotopic (exact) mass is 636 g/mol. The van der Waals surface area contributed by atoms with E-state index in [9.17, 15) is 23.9 Å². The van der Waals surface area contributed by atoms with E-state index >= 15 is 0 Å². The predicted molar refractivity (Wildman–Crippen MR) is 162 cm³/mol. The number of rotatable bonds is 8. The van der Waals surface area contributed by atoms with E-state index in [0.29, 0.717) is 40.9 Å². The van der Waals surface area contributed by atoms with Gasteiger partial charge in [0.2, 0.25) is 0 Å². The molecule has 226 valence electrons. The summed E-state index contributed by atoms with van der Waals surface area (Å²) in [4.78, 5) is 52.3. The Morgan fingerprint density at radius 1 is 1.18 bits per heavy atom. The number of thiazole rings is 1. The molecular weight excluding hydrogens is 611 g/mol. The molecule has 6 rings (SSSR count). The fourth-order valence-corrected chi connectivity index (χ4v) is 6.14. The van der Waals surface area contributed by atoms with Crippen LogP contribution < -0.4 is 10.2 Å². The van der Waals surface area contributed by atoms with Gasteiger partial charge in [0, 0.05) is 47.8 Å². The van der Waals surface area contributed by atoms with Crippen molar-refractivity contribution in [3.8, 4) is 0 Å². The molecule has 2 amide bonds. The molecule has 0 radical (unpaired) electrons. The zero-order chi connectivity index (χ0) is 31.0. The molecule has 1 aromatic heterocycles. The Balaban J connectivity index is 1.34. The Morgan fingerprint density at radius 2 is 1.98 bits per heavy atom. The van der Waals surface area contributed by atoms with Crippen molar-refractivity contribution in [2.45, 2.75) is 13.0 Å². The molecule has 1 unspecified atom stereocenters. The summed E-state index contributed by atoms with van der Waals surface area (Å²) >= 11 is 7.76. The second kappa shape index (κ2) is 12.1. The van der Waals surface area contributed by atoms with Crippen LogP contribution in [0.1, 0.15) is 33.9 Å². The summed E-state index contributed by atoms with van der Waals surface area (Å²) in [6, 6.07) is 9.36. The number of anilines is 1. The third-order valence-corrected chi connectivity index (χ3v) is 8.57. The zero-order valence-corrected chi connectivity index (χ0v) is 24.9. The van der Waals surface area contributed by atoms with Crippen molar-refractivity contribution in [3.05, 3.63) is 104 Å². The summed E-state index contributed by atoms with van der Waals surface area (Å²) in [5, 5.41) is 14.7. The van der Waals surface area contributed by atoms with Crippen LogP contribution in [0.25, 0.3) is 0 Å². The number of ether oxygens (including phenoxy) is 1. The quantitative estimate of drug-likeness (QED) is 0.343. The van der Waals surface area contributed by atoms with Crippen molar-refractivity contribution in [1.82, 2.24) is 20.1 Å². The fourth-order valence-electron chi connectivity index (χ4n) is 5.33. The number of aromatic carboxylic acids is 1. The normalized spacial score (nSPS) is 18.1. The summed E-state index contributed by atoms with van der Waals surface area (Å²) < 4.78 is 20.0. The maximum atomic E-state index is 14.6. The highest BCUT2D eigenvalue weighted by molar-refractivity contribution is 7.11. The van der Waals surface area contributed by atoms with E-state index in [-0.39, 0.29) is 41.9 Å². The van der Waals surface area contributed by atoms with Crippen molar-refractivity contribution in [1.29, 1.82) is 0 Å². The number of aliphatic imine (C=N–C) groups is 1. The lowest BCUT2D eigenvalue weighted by Gasteiger charge is -2.34. The molecule has 1 atom stereocenters. The van der Waals surface area contributed by atoms with Crippen LogP contribution in [-0.2, 0) is 9.53 Å². The second-order valence-electron chi connectivity index (χ2n) is 10.1. The van der Waals surface area contributed by atoms with Crippen LogP contribution in [0.5, 0.6) is 0 Å². The van der Waals surface area contributed by atoms with Crippen LogP contribution in [0.3, 0.4) is 0 Å². The maximum absolute atomic E-state index is 14.6. The summed E-state index contributed by atoms with van der Waals surface area (Å²) in [7, 11) is 0. The van der Waals surface area contributed by atoms with Gasteiger partial charge in [-0.25, -0.2) is 23.8 Å². The van der Waals surface area contributed by atoms with Crippen molar-refractivity contribution in [2.75, 3.05) is 37.7 Å². The van der Waals surface area contributed by atoms with Crippen LogP contribution in [0.15, 0.2) is 82.2 Å². The molecule has 0 saturated carbocycles. The Morgan fingerprint density at radius 3 is 2.68 bits per heavy atom. The minimum Gasteiger partial charge on any atom is -0.478 e. The van der Waals surface area contributed by atoms with Crippen molar-refractivity contribution in [2.24, 2.45) is 4.99 Å². The van der Waals surface area contributed by atoms with Gasteiger partial charge in [0.15, 0.2) is 10.8 Å². The van der Waals surface area contributed by atoms with Gasteiger partial charge in [-0.3, -0.25) is 14.8 Å². The first-order valence-corrected chi connectivity index (χ1v) is 15.0. The number of carboxylic acids is 1. The van der Waals surface area contributed by atoms with Gasteiger partial charge in [-0.15, -0.1) is 11.3 Å². The molecule has 0 aliphatic carbocycles. The molecule has 0 bridgehead atoms. The fraction of sp³-hybridized carbons (Fsp3) is 0.233. The number of hydrogen-bond donors (Lipinski definition) is 2. The number of halogens is 2. The van der Waals surface area contributed by atoms with Crippen LogP contribution in [0.4, 0.5) is 14.9 Å². The van der Waals surface area contributed by atoms with Crippen molar-refractivity contribution in [3.63, 3.8) is 0 Å².